The molecule has 0 aliphatic rings. The predicted molar refractivity (Wildman–Crippen MR) is 91.5 cm³/mol. The number of carbonyl (C=O) groups excluding carboxylic acids is 2. The van der Waals surface area contributed by atoms with Crippen LogP contribution in [0.3, 0.4) is 0 Å². The van der Waals surface area contributed by atoms with Crippen molar-refractivity contribution in [3.8, 4) is 5.13 Å². The van der Waals surface area contributed by atoms with Gasteiger partial charge in [0.05, 0.1) is 11.4 Å². The van der Waals surface area contributed by atoms with Gasteiger partial charge in [-0.3, -0.25) is 9.36 Å². The zero-order chi connectivity index (χ0) is 18.1. The molecule has 3 rings (SSSR count). The summed E-state index contributed by atoms with van der Waals surface area (Å²) in [5.74, 6) is -1.01. The Morgan fingerprint density at radius 3 is 2.56 bits per heavy atom. The Hall–Kier alpha value is -2.74. The van der Waals surface area contributed by atoms with Crippen LogP contribution < -0.4 is 0 Å². The van der Waals surface area contributed by atoms with Gasteiger partial charge in [0, 0.05) is 28.4 Å². The van der Waals surface area contributed by atoms with E-state index in [1.807, 2.05) is 30.7 Å². The molecule has 130 valence electrons. The maximum Gasteiger partial charge on any atom is 0.377 e. The summed E-state index contributed by atoms with van der Waals surface area (Å²) < 4.78 is 11.8. The lowest BCUT2D eigenvalue weighted by atomic mass is 10.1. The first kappa shape index (κ1) is 17.1. The quantitative estimate of drug-likeness (QED) is 0.513. The molecule has 0 spiro atoms. The lowest BCUT2D eigenvalue weighted by Crippen LogP contribution is -2.14. The van der Waals surface area contributed by atoms with Gasteiger partial charge in [0.1, 0.15) is 0 Å². The van der Waals surface area contributed by atoms with Gasteiger partial charge in [0.2, 0.25) is 11.5 Å². The summed E-state index contributed by atoms with van der Waals surface area (Å²) in [6, 6.07) is 3.24. The van der Waals surface area contributed by atoms with Gasteiger partial charge in [-0.1, -0.05) is 5.16 Å². The Morgan fingerprint density at radius 1 is 1.20 bits per heavy atom. The summed E-state index contributed by atoms with van der Waals surface area (Å²) in [5.41, 5.74) is 3.67. The highest BCUT2D eigenvalue weighted by atomic mass is 32.1. The van der Waals surface area contributed by atoms with E-state index < -0.39 is 5.97 Å². The molecule has 25 heavy (non-hydrogen) atoms. The predicted octanol–water partition coefficient (Wildman–Crippen LogP) is 3.20. The van der Waals surface area contributed by atoms with Crippen LogP contribution in [-0.2, 0) is 4.74 Å². The van der Waals surface area contributed by atoms with Crippen molar-refractivity contribution in [1.29, 1.82) is 0 Å². The minimum absolute atomic E-state index is 0.0194. The highest BCUT2D eigenvalue weighted by Crippen LogP contribution is 2.23. The van der Waals surface area contributed by atoms with Crippen molar-refractivity contribution in [3.63, 3.8) is 0 Å². The smallest absolute Gasteiger partial charge is 0.377 e. The average molecular weight is 359 g/mol. The first-order chi connectivity index (χ1) is 11.9. The molecule has 0 saturated carbocycles. The molecule has 0 bridgehead atoms. The van der Waals surface area contributed by atoms with E-state index >= 15 is 0 Å². The van der Waals surface area contributed by atoms with E-state index in [1.165, 1.54) is 17.4 Å². The summed E-state index contributed by atoms with van der Waals surface area (Å²) in [6.45, 7) is 7.01. The maximum absolute atomic E-state index is 12.5. The summed E-state index contributed by atoms with van der Waals surface area (Å²) in [7, 11) is 0. The normalized spacial score (nSPS) is 10.9. The fourth-order valence-electron chi connectivity index (χ4n) is 2.52. The molecule has 0 aromatic carbocycles. The molecule has 0 radical (unpaired) electrons. The van der Waals surface area contributed by atoms with Crippen LogP contribution in [0.4, 0.5) is 0 Å². The summed E-state index contributed by atoms with van der Waals surface area (Å²) >= 11 is 1.51. The zero-order valence-corrected chi connectivity index (χ0v) is 15.1. The fraction of sp³-hybridized carbons (Fsp3) is 0.294. The third-order valence-electron chi connectivity index (χ3n) is 3.69. The standard InChI is InChI=1S/C17H17N3O4S/c1-9-5-15(24-19-9)16(22)23-7-14(21)13-6-11(3)20(12(13)4)17-18-10(2)8-25-17/h5-6,8H,7H2,1-4H3. The molecular weight excluding hydrogens is 342 g/mol. The number of rotatable bonds is 5. The second-order valence-corrected chi connectivity index (χ2v) is 6.56. The number of Topliss-reactive ketones (excluding diaryl/α,β-unsaturated/α-hetero) is 1. The van der Waals surface area contributed by atoms with Crippen molar-refractivity contribution in [2.45, 2.75) is 27.7 Å². The number of hydrogen-bond donors (Lipinski definition) is 0. The van der Waals surface area contributed by atoms with Gasteiger partial charge in [0.15, 0.2) is 11.7 Å². The van der Waals surface area contributed by atoms with Gasteiger partial charge >= 0.3 is 5.97 Å². The highest BCUT2D eigenvalue weighted by Gasteiger charge is 2.21. The van der Waals surface area contributed by atoms with E-state index in [-0.39, 0.29) is 18.2 Å². The Kier molecular flexibility index (Phi) is 4.54. The van der Waals surface area contributed by atoms with Gasteiger partial charge in [0.25, 0.3) is 0 Å². The van der Waals surface area contributed by atoms with Gasteiger partial charge in [-0.25, -0.2) is 9.78 Å². The second-order valence-electron chi connectivity index (χ2n) is 5.72. The molecule has 0 saturated heterocycles. The number of aryl methyl sites for hydroxylation is 3. The SMILES string of the molecule is Cc1cc(C(=O)OCC(=O)c2cc(C)n(-c3nc(C)cs3)c2C)on1. The molecule has 3 aromatic rings. The van der Waals surface area contributed by atoms with Gasteiger partial charge < -0.3 is 9.26 Å². The third-order valence-corrected chi connectivity index (χ3v) is 4.64. The zero-order valence-electron chi connectivity index (χ0n) is 14.3. The lowest BCUT2D eigenvalue weighted by molar-refractivity contribution is 0.0435. The largest absolute Gasteiger partial charge is 0.451 e. The Labute approximate surface area is 148 Å². The van der Waals surface area contributed by atoms with E-state index in [1.54, 1.807) is 13.0 Å². The lowest BCUT2D eigenvalue weighted by Gasteiger charge is -2.06. The van der Waals surface area contributed by atoms with Gasteiger partial charge in [-0.2, -0.15) is 0 Å². The number of ketones is 1. The number of thiazole rings is 1. The van der Waals surface area contributed by atoms with Crippen molar-refractivity contribution in [1.82, 2.24) is 14.7 Å². The molecule has 0 aliphatic carbocycles. The van der Waals surface area contributed by atoms with Crippen LogP contribution in [-0.4, -0.2) is 33.1 Å². The molecule has 0 aliphatic heterocycles. The summed E-state index contributed by atoms with van der Waals surface area (Å²) in [6.07, 6.45) is 0. The van der Waals surface area contributed by atoms with Crippen molar-refractivity contribution in [2.24, 2.45) is 0 Å². The number of carbonyl (C=O) groups is 2. The minimum Gasteiger partial charge on any atom is -0.451 e. The van der Waals surface area contributed by atoms with Crippen LogP contribution in [0.5, 0.6) is 0 Å². The molecule has 8 heteroatoms. The summed E-state index contributed by atoms with van der Waals surface area (Å²) in [5, 5.41) is 6.38. The van der Waals surface area contributed by atoms with Crippen LogP contribution in [0.2, 0.25) is 0 Å². The average Bonchev–Trinajstić information content (AvgIpc) is 3.25. The summed E-state index contributed by atoms with van der Waals surface area (Å²) in [4.78, 5) is 28.8. The number of esters is 1. The molecule has 3 aromatic heterocycles. The highest BCUT2D eigenvalue weighted by molar-refractivity contribution is 7.12. The second kappa shape index (κ2) is 6.64. The van der Waals surface area contributed by atoms with Crippen molar-refractivity contribution in [2.75, 3.05) is 6.61 Å². The first-order valence-corrected chi connectivity index (χ1v) is 8.50. The van der Waals surface area contributed by atoms with E-state index in [4.69, 9.17) is 9.26 Å². The topological polar surface area (TPSA) is 87.2 Å². The van der Waals surface area contributed by atoms with E-state index in [0.717, 1.165) is 22.2 Å². The van der Waals surface area contributed by atoms with E-state index in [0.29, 0.717) is 11.3 Å². The van der Waals surface area contributed by atoms with E-state index in [2.05, 4.69) is 10.1 Å². The molecule has 0 fully saturated rings. The molecule has 7 nitrogen and oxygen atoms in total. The van der Waals surface area contributed by atoms with Crippen LogP contribution in [0.15, 0.2) is 22.0 Å². The fourth-order valence-corrected chi connectivity index (χ4v) is 3.44. The van der Waals surface area contributed by atoms with E-state index in [9.17, 15) is 9.59 Å². The number of hydrogen-bond acceptors (Lipinski definition) is 7. The number of nitrogens with zero attached hydrogens (tertiary/aromatic N) is 3. The molecule has 3 heterocycles. The maximum atomic E-state index is 12.5. The minimum atomic E-state index is -0.710. The van der Waals surface area contributed by atoms with Crippen molar-refractivity contribution >= 4 is 23.1 Å². The molecule has 0 amide bonds. The van der Waals surface area contributed by atoms with Crippen LogP contribution in [0.25, 0.3) is 5.13 Å². The van der Waals surface area contributed by atoms with Crippen LogP contribution in [0.1, 0.15) is 43.7 Å². The molecule has 0 unspecified atom stereocenters. The monoisotopic (exact) mass is 359 g/mol. The Bertz CT molecular complexity index is 951. The third kappa shape index (κ3) is 3.39. The van der Waals surface area contributed by atoms with Crippen LogP contribution >= 0.6 is 11.3 Å². The van der Waals surface area contributed by atoms with Crippen LogP contribution in [0, 0.1) is 27.7 Å². The Balaban J connectivity index is 1.76. The molecule has 0 atom stereocenters. The number of aromatic nitrogens is 3. The first-order valence-electron chi connectivity index (χ1n) is 7.62. The molecule has 0 N–H and O–H groups in total. The Morgan fingerprint density at radius 2 is 1.96 bits per heavy atom. The number of ether oxygens (including phenoxy) is 1. The van der Waals surface area contributed by atoms with Gasteiger partial charge in [-0.05, 0) is 33.8 Å². The van der Waals surface area contributed by atoms with Crippen molar-refractivity contribution < 1.29 is 18.8 Å². The van der Waals surface area contributed by atoms with Crippen molar-refractivity contribution in [3.05, 3.63) is 51.6 Å². The van der Waals surface area contributed by atoms with Gasteiger partial charge in [-0.15, -0.1) is 11.3 Å². The molecular formula is C17H17N3O4S.